The summed E-state index contributed by atoms with van der Waals surface area (Å²) >= 11 is 5.88. The van der Waals surface area contributed by atoms with Crippen LogP contribution < -0.4 is 16.0 Å². The Labute approximate surface area is 194 Å². The second kappa shape index (κ2) is 9.46. The van der Waals surface area contributed by atoms with Gasteiger partial charge in [0.15, 0.2) is 16.9 Å². The third-order valence-corrected chi connectivity index (χ3v) is 5.68. The molecule has 2 aromatic heterocycles. The number of fused-ring (bicyclic) bond motifs is 1. The van der Waals surface area contributed by atoms with Gasteiger partial charge in [-0.2, -0.15) is 0 Å². The van der Waals surface area contributed by atoms with Crippen LogP contribution in [0.2, 0.25) is 5.02 Å². The summed E-state index contributed by atoms with van der Waals surface area (Å²) in [4.78, 5) is 44.1. The zero-order valence-electron chi connectivity index (χ0n) is 18.3. The van der Waals surface area contributed by atoms with Gasteiger partial charge in [0, 0.05) is 29.7 Å². The molecule has 0 radical (unpaired) electrons. The van der Waals surface area contributed by atoms with Gasteiger partial charge in [0.05, 0.1) is 0 Å². The van der Waals surface area contributed by atoms with Crippen LogP contribution in [-0.4, -0.2) is 24.9 Å². The molecule has 1 N–H and O–H groups in total. The van der Waals surface area contributed by atoms with Gasteiger partial charge in [-0.15, -0.1) is 0 Å². The first-order valence-electron chi connectivity index (χ1n) is 10.6. The fourth-order valence-corrected chi connectivity index (χ4v) is 3.69. The van der Waals surface area contributed by atoms with E-state index in [0.29, 0.717) is 45.4 Å². The lowest BCUT2D eigenvalue weighted by molar-refractivity contribution is 0.103. The first-order valence-corrected chi connectivity index (χ1v) is 11.0. The van der Waals surface area contributed by atoms with E-state index in [9.17, 15) is 14.4 Å². The number of carbonyl (C=O) groups is 1. The summed E-state index contributed by atoms with van der Waals surface area (Å²) < 4.78 is 8.96. The molecule has 2 aromatic carbocycles. The Hall–Kier alpha value is -3.65. The first kappa shape index (κ1) is 22.5. The smallest absolute Gasteiger partial charge is 0.330 e. The van der Waals surface area contributed by atoms with E-state index >= 15 is 0 Å². The molecule has 0 aliphatic rings. The Morgan fingerprint density at radius 1 is 1.06 bits per heavy atom. The van der Waals surface area contributed by atoms with E-state index in [1.807, 2.05) is 6.92 Å². The number of halogens is 1. The van der Waals surface area contributed by atoms with Gasteiger partial charge < -0.3 is 9.30 Å². The number of hydrogen-bond donors (Lipinski definition) is 1. The number of H-pyrrole nitrogens is 1. The Bertz CT molecular complexity index is 1420. The van der Waals surface area contributed by atoms with Crippen LogP contribution in [0.5, 0.6) is 5.75 Å². The number of imidazole rings is 1. The maximum atomic E-state index is 12.6. The highest BCUT2D eigenvalue weighted by Crippen LogP contribution is 2.19. The second-order valence-electron chi connectivity index (χ2n) is 7.67. The average molecular weight is 467 g/mol. The van der Waals surface area contributed by atoms with Gasteiger partial charge in [0.1, 0.15) is 18.2 Å². The number of ketones is 1. The highest BCUT2D eigenvalue weighted by Gasteiger charge is 2.17. The normalized spacial score (nSPS) is 11.1. The summed E-state index contributed by atoms with van der Waals surface area (Å²) in [6, 6.07) is 13.5. The number of ether oxygens (including phenoxy) is 1. The quantitative estimate of drug-likeness (QED) is 0.399. The second-order valence-corrected chi connectivity index (χ2v) is 8.11. The molecule has 0 atom stereocenters. The predicted molar refractivity (Wildman–Crippen MR) is 126 cm³/mol. The summed E-state index contributed by atoms with van der Waals surface area (Å²) in [5.74, 6) is 0.942. The number of hydrogen-bond acceptors (Lipinski definition) is 5. The Balaban J connectivity index is 1.54. The monoisotopic (exact) mass is 466 g/mol. The van der Waals surface area contributed by atoms with Crippen LogP contribution in [0.3, 0.4) is 0 Å². The summed E-state index contributed by atoms with van der Waals surface area (Å²) in [6.45, 7) is 2.60. The summed E-state index contributed by atoms with van der Waals surface area (Å²) in [7, 11) is 1.71. The topological polar surface area (TPSA) is 99.0 Å². The van der Waals surface area contributed by atoms with Crippen LogP contribution in [-0.2, 0) is 20.2 Å². The van der Waals surface area contributed by atoms with Crippen molar-refractivity contribution >= 4 is 28.5 Å². The van der Waals surface area contributed by atoms with Crippen LogP contribution in [0.15, 0.2) is 58.1 Å². The zero-order valence-corrected chi connectivity index (χ0v) is 19.1. The van der Waals surface area contributed by atoms with Crippen molar-refractivity contribution in [3.8, 4) is 5.75 Å². The largest absolute Gasteiger partial charge is 0.486 e. The molecular formula is C24H23ClN4O4. The van der Waals surface area contributed by atoms with E-state index in [0.717, 1.165) is 12.8 Å². The summed E-state index contributed by atoms with van der Waals surface area (Å²) in [6.07, 6.45) is 1.71. The molecule has 9 heteroatoms. The molecule has 0 saturated heterocycles. The van der Waals surface area contributed by atoms with Crippen LogP contribution >= 0.6 is 11.6 Å². The zero-order chi connectivity index (χ0) is 23.5. The summed E-state index contributed by atoms with van der Waals surface area (Å²) in [5, 5.41) is 0.571. The molecular weight excluding hydrogens is 444 g/mol. The molecule has 4 rings (SSSR count). The van der Waals surface area contributed by atoms with Gasteiger partial charge in [-0.1, -0.05) is 24.9 Å². The lowest BCUT2D eigenvalue weighted by Crippen LogP contribution is -2.31. The van der Waals surface area contributed by atoms with E-state index in [2.05, 4.69) is 9.97 Å². The highest BCUT2D eigenvalue weighted by molar-refractivity contribution is 6.30. The molecule has 0 aliphatic carbocycles. The van der Waals surface area contributed by atoms with Crippen molar-refractivity contribution in [2.45, 2.75) is 32.9 Å². The lowest BCUT2D eigenvalue weighted by atomic mass is 10.0. The van der Waals surface area contributed by atoms with Gasteiger partial charge in [-0.05, 0) is 55.0 Å². The van der Waals surface area contributed by atoms with Crippen molar-refractivity contribution < 1.29 is 9.53 Å². The van der Waals surface area contributed by atoms with E-state index < -0.39 is 11.2 Å². The molecule has 170 valence electrons. The number of aryl methyl sites for hydroxylation is 2. The SMILES string of the molecule is CCCCn1c(=O)[nH]c(=O)c2c1nc(COc1ccc(C(=O)c3ccc(Cl)cc3)cc1)n2C. The van der Waals surface area contributed by atoms with Gasteiger partial charge in [0.25, 0.3) is 5.56 Å². The minimum atomic E-state index is -0.478. The summed E-state index contributed by atoms with van der Waals surface area (Å²) in [5.41, 5.74) is 0.808. The van der Waals surface area contributed by atoms with E-state index in [4.69, 9.17) is 16.3 Å². The van der Waals surface area contributed by atoms with Crippen LogP contribution in [0, 0.1) is 0 Å². The lowest BCUT2D eigenvalue weighted by Gasteiger charge is -2.07. The third-order valence-electron chi connectivity index (χ3n) is 5.43. The number of unbranched alkanes of at least 4 members (excludes halogenated alkanes) is 1. The molecule has 0 aliphatic heterocycles. The minimum absolute atomic E-state index is 0.0943. The maximum absolute atomic E-state index is 12.6. The number of aromatic amines is 1. The van der Waals surface area contributed by atoms with Crippen molar-refractivity contribution in [1.82, 2.24) is 19.1 Å². The third kappa shape index (κ3) is 4.61. The number of aromatic nitrogens is 4. The molecule has 4 aromatic rings. The van der Waals surface area contributed by atoms with Crippen molar-refractivity contribution in [3.05, 3.63) is 91.3 Å². The standard InChI is InChI=1S/C24H23ClN4O4/c1-3-4-13-29-22-20(23(31)27-24(29)32)28(2)19(26-22)14-33-18-11-7-16(8-12-18)21(30)15-5-9-17(25)10-6-15/h5-12H,3-4,13-14H2,1-2H3,(H,27,31,32). The Kier molecular flexibility index (Phi) is 6.46. The fraction of sp³-hybridized carbons (Fsp3) is 0.250. The molecule has 0 amide bonds. The molecule has 0 spiro atoms. The van der Waals surface area contributed by atoms with Crippen LogP contribution in [0.4, 0.5) is 0 Å². The first-order chi connectivity index (χ1) is 15.9. The fourth-order valence-electron chi connectivity index (χ4n) is 3.56. The van der Waals surface area contributed by atoms with E-state index in [-0.39, 0.29) is 12.4 Å². The number of nitrogens with zero attached hydrogens (tertiary/aromatic N) is 3. The van der Waals surface area contributed by atoms with Crippen LogP contribution in [0.25, 0.3) is 11.2 Å². The average Bonchev–Trinajstić information content (AvgIpc) is 3.14. The molecule has 2 heterocycles. The van der Waals surface area contributed by atoms with Crippen molar-refractivity contribution in [3.63, 3.8) is 0 Å². The number of carbonyl (C=O) groups excluding carboxylic acids is 1. The molecule has 0 fully saturated rings. The predicted octanol–water partition coefficient (Wildman–Crippen LogP) is 3.69. The molecule has 0 unspecified atom stereocenters. The molecule has 8 nitrogen and oxygen atoms in total. The van der Waals surface area contributed by atoms with Crippen molar-refractivity contribution in [1.29, 1.82) is 0 Å². The van der Waals surface area contributed by atoms with Gasteiger partial charge in [-0.25, -0.2) is 9.78 Å². The van der Waals surface area contributed by atoms with Gasteiger partial charge in [-0.3, -0.25) is 19.1 Å². The Morgan fingerprint density at radius 3 is 2.33 bits per heavy atom. The number of nitrogens with one attached hydrogen (secondary N) is 1. The van der Waals surface area contributed by atoms with E-state index in [1.165, 1.54) is 4.57 Å². The number of benzene rings is 2. The molecule has 0 saturated carbocycles. The van der Waals surface area contributed by atoms with Crippen molar-refractivity contribution in [2.75, 3.05) is 0 Å². The minimum Gasteiger partial charge on any atom is -0.486 e. The van der Waals surface area contributed by atoms with E-state index in [1.54, 1.807) is 60.1 Å². The maximum Gasteiger partial charge on any atom is 0.330 e. The van der Waals surface area contributed by atoms with Crippen LogP contribution in [0.1, 0.15) is 41.5 Å². The Morgan fingerprint density at radius 2 is 1.70 bits per heavy atom. The van der Waals surface area contributed by atoms with Gasteiger partial charge in [0.2, 0.25) is 0 Å². The molecule has 0 bridgehead atoms. The van der Waals surface area contributed by atoms with Gasteiger partial charge >= 0.3 is 5.69 Å². The van der Waals surface area contributed by atoms with Crippen molar-refractivity contribution in [2.24, 2.45) is 7.05 Å². The molecule has 33 heavy (non-hydrogen) atoms. The highest BCUT2D eigenvalue weighted by atomic mass is 35.5. The number of rotatable bonds is 8.